The molecule has 1 aromatic heterocycles. The van der Waals surface area contributed by atoms with Gasteiger partial charge in [0.25, 0.3) is 0 Å². The van der Waals surface area contributed by atoms with E-state index in [4.69, 9.17) is 10.6 Å². The summed E-state index contributed by atoms with van der Waals surface area (Å²) in [7, 11) is 0. The molecule has 1 saturated heterocycles. The summed E-state index contributed by atoms with van der Waals surface area (Å²) in [4.78, 5) is 27.9. The van der Waals surface area contributed by atoms with Crippen LogP contribution in [0.4, 0.5) is 15.1 Å². The second kappa shape index (κ2) is 11.3. The molecular weight excluding hydrogens is 435 g/mol. The number of nitrogens with one attached hydrogen (secondary N) is 1. The number of aromatic nitrogens is 2. The second-order valence-corrected chi connectivity index (χ2v) is 9.04. The summed E-state index contributed by atoms with van der Waals surface area (Å²) in [5.74, 6) is 0.773. The predicted molar refractivity (Wildman–Crippen MR) is 129 cm³/mol. The smallest absolute Gasteiger partial charge is 0.312 e. The molecule has 9 heteroatoms. The third-order valence-corrected chi connectivity index (χ3v) is 6.72. The number of amides is 2. The molecule has 4 rings (SSSR count). The highest BCUT2D eigenvalue weighted by molar-refractivity contribution is 5.84. The Morgan fingerprint density at radius 2 is 1.91 bits per heavy atom. The molecule has 0 radical (unpaired) electrons. The van der Waals surface area contributed by atoms with Crippen LogP contribution >= 0.6 is 0 Å². The van der Waals surface area contributed by atoms with E-state index < -0.39 is 6.03 Å². The van der Waals surface area contributed by atoms with Crippen molar-refractivity contribution < 1.29 is 14.0 Å². The molecule has 2 heterocycles. The average Bonchev–Trinajstić information content (AvgIpc) is 2.87. The quantitative estimate of drug-likeness (QED) is 0.597. The molecule has 2 amide bonds. The number of nitrogens with two attached hydrogens (primary N) is 1. The summed E-state index contributed by atoms with van der Waals surface area (Å²) >= 11 is 0. The van der Waals surface area contributed by atoms with Crippen LogP contribution in [-0.2, 0) is 17.8 Å². The van der Waals surface area contributed by atoms with E-state index in [1.54, 1.807) is 12.1 Å². The monoisotopic (exact) mass is 468 g/mol. The summed E-state index contributed by atoms with van der Waals surface area (Å²) in [5.41, 5.74) is 8.71. The van der Waals surface area contributed by atoms with E-state index in [0.717, 1.165) is 80.8 Å². The normalized spacial score (nSPS) is 19.1. The van der Waals surface area contributed by atoms with Crippen LogP contribution < -0.4 is 16.0 Å². The van der Waals surface area contributed by atoms with Gasteiger partial charge in [0.2, 0.25) is 5.95 Å². The van der Waals surface area contributed by atoms with Crippen LogP contribution in [0.1, 0.15) is 68.1 Å². The number of anilines is 1. The van der Waals surface area contributed by atoms with Crippen LogP contribution in [0.5, 0.6) is 0 Å². The molecule has 8 nitrogen and oxygen atoms in total. The Hall–Kier alpha value is -3.23. The molecule has 1 aliphatic carbocycles. The van der Waals surface area contributed by atoms with Crippen LogP contribution in [0.3, 0.4) is 0 Å². The Morgan fingerprint density at radius 3 is 2.53 bits per heavy atom. The number of primary amides is 1. The van der Waals surface area contributed by atoms with Gasteiger partial charge in [-0.15, -0.1) is 0 Å². The molecule has 2 fully saturated rings. The van der Waals surface area contributed by atoms with Crippen molar-refractivity contribution in [2.24, 2.45) is 10.9 Å². The molecule has 1 aliphatic heterocycles. The van der Waals surface area contributed by atoms with Gasteiger partial charge in [-0.05, 0) is 55.2 Å². The Labute approximate surface area is 199 Å². The fraction of sp³-hybridized carbons (Fsp3) is 0.520. The Balaban J connectivity index is 1.22. The van der Waals surface area contributed by atoms with Crippen molar-refractivity contribution in [3.63, 3.8) is 0 Å². The van der Waals surface area contributed by atoms with Gasteiger partial charge < -0.3 is 20.8 Å². The predicted octanol–water partition coefficient (Wildman–Crippen LogP) is 4.05. The maximum atomic E-state index is 14.4. The van der Waals surface area contributed by atoms with Crippen molar-refractivity contribution in [1.82, 2.24) is 15.3 Å². The van der Waals surface area contributed by atoms with E-state index in [0.29, 0.717) is 11.5 Å². The minimum absolute atomic E-state index is 0.0946. The third kappa shape index (κ3) is 6.21. The summed E-state index contributed by atoms with van der Waals surface area (Å²) in [6, 6.07) is 4.58. The zero-order chi connectivity index (χ0) is 23.9. The van der Waals surface area contributed by atoms with Crippen molar-refractivity contribution in [3.8, 4) is 0 Å². The van der Waals surface area contributed by atoms with Gasteiger partial charge in [-0.25, -0.2) is 19.2 Å². The van der Waals surface area contributed by atoms with Crippen LogP contribution in [0.15, 0.2) is 35.7 Å². The lowest BCUT2D eigenvalue weighted by molar-refractivity contribution is 0.0406. The van der Waals surface area contributed by atoms with Crippen molar-refractivity contribution in [1.29, 1.82) is 0 Å². The number of aryl methyl sites for hydroxylation is 1. The van der Waals surface area contributed by atoms with Gasteiger partial charge in [0, 0.05) is 50.4 Å². The maximum Gasteiger partial charge on any atom is 0.312 e. The maximum absolute atomic E-state index is 14.4. The lowest BCUT2D eigenvalue weighted by Crippen LogP contribution is -2.37. The highest BCUT2D eigenvalue weighted by Crippen LogP contribution is 2.33. The van der Waals surface area contributed by atoms with Crippen molar-refractivity contribution in [2.75, 3.05) is 18.0 Å². The topological polar surface area (TPSA) is 106 Å². The Kier molecular flexibility index (Phi) is 7.92. The molecule has 2 aliphatic rings. The van der Waals surface area contributed by atoms with Gasteiger partial charge in [-0.3, -0.25) is 0 Å². The number of urea groups is 1. The van der Waals surface area contributed by atoms with Crippen molar-refractivity contribution in [3.05, 3.63) is 53.1 Å². The van der Waals surface area contributed by atoms with E-state index >= 15 is 0 Å². The molecule has 1 aromatic carbocycles. The fourth-order valence-corrected chi connectivity index (χ4v) is 4.52. The van der Waals surface area contributed by atoms with Crippen molar-refractivity contribution >= 4 is 17.7 Å². The number of hydrogen-bond acceptors (Lipinski definition) is 6. The molecule has 2 aromatic rings. The summed E-state index contributed by atoms with van der Waals surface area (Å²) in [6.45, 7) is 3.91. The Morgan fingerprint density at radius 1 is 1.21 bits per heavy atom. The first-order valence-corrected chi connectivity index (χ1v) is 12.1. The molecule has 3 N–H and O–H groups in total. The average molecular weight is 469 g/mol. The lowest BCUT2D eigenvalue weighted by atomic mass is 9.83. The van der Waals surface area contributed by atoms with E-state index in [9.17, 15) is 9.18 Å². The number of halogens is 1. The highest BCUT2D eigenvalue weighted by Gasteiger charge is 2.24. The highest BCUT2D eigenvalue weighted by atomic mass is 19.1. The molecule has 34 heavy (non-hydrogen) atoms. The summed E-state index contributed by atoms with van der Waals surface area (Å²) in [5, 5.41) is 6.89. The first kappa shape index (κ1) is 23.9. The fourth-order valence-electron chi connectivity index (χ4n) is 4.52. The lowest BCUT2D eigenvalue weighted by Gasteiger charge is -2.31. The number of nitrogens with zero attached hydrogens (tertiary/aromatic N) is 4. The largest absolute Gasteiger partial charge is 0.392 e. The van der Waals surface area contributed by atoms with Crippen LogP contribution in [0.25, 0.3) is 0 Å². The van der Waals surface area contributed by atoms with Crippen LogP contribution in [0.2, 0.25) is 0 Å². The molecule has 1 saturated carbocycles. The number of benzene rings is 1. The van der Waals surface area contributed by atoms with Gasteiger partial charge in [0.05, 0.1) is 5.71 Å². The minimum Gasteiger partial charge on any atom is -0.392 e. The molecular formula is C25H33FN6O2. The second-order valence-electron chi connectivity index (χ2n) is 9.04. The SMILES string of the molecule is CCc1cnc(N2CCC(ON=C3CCC(c4ccc(CNC(N)=O)c(F)c4)CC3)CC2)nc1. The number of carbonyl (C=O) groups is 1. The first-order valence-electron chi connectivity index (χ1n) is 12.1. The summed E-state index contributed by atoms with van der Waals surface area (Å²) < 4.78 is 14.4. The molecule has 0 atom stereocenters. The number of carbonyl (C=O) groups excluding carboxylic acids is 1. The number of oxime groups is 1. The number of rotatable bonds is 7. The molecule has 0 bridgehead atoms. The number of piperidine rings is 1. The van der Waals surface area contributed by atoms with Crippen molar-refractivity contribution in [2.45, 2.75) is 70.4 Å². The van der Waals surface area contributed by atoms with Gasteiger partial charge in [-0.1, -0.05) is 24.2 Å². The molecule has 0 spiro atoms. The van der Waals surface area contributed by atoms with E-state index in [1.807, 2.05) is 18.5 Å². The number of hydrogen-bond donors (Lipinski definition) is 2. The zero-order valence-corrected chi connectivity index (χ0v) is 19.7. The first-order chi connectivity index (χ1) is 16.5. The third-order valence-electron chi connectivity index (χ3n) is 6.72. The Bertz CT molecular complexity index is 995. The summed E-state index contributed by atoms with van der Waals surface area (Å²) in [6.07, 6.45) is 10.2. The van der Waals surface area contributed by atoms with Gasteiger partial charge in [-0.2, -0.15) is 0 Å². The van der Waals surface area contributed by atoms with Gasteiger partial charge >= 0.3 is 6.03 Å². The zero-order valence-electron chi connectivity index (χ0n) is 19.7. The minimum atomic E-state index is -0.661. The van der Waals surface area contributed by atoms with Gasteiger partial charge in [0.15, 0.2) is 0 Å². The standard InChI is InChI=1S/C25H33FN6O2/c1-2-17-14-29-25(30-15-17)32-11-9-22(10-12-32)34-31-21-7-5-18(6-8-21)19-3-4-20(23(26)13-19)16-28-24(27)33/h3-4,13-15,18,22H,2,5-12,16H2,1H3,(H3,27,28,33). The van der Waals surface area contributed by atoms with E-state index in [-0.39, 0.29) is 18.5 Å². The van der Waals surface area contributed by atoms with E-state index in [2.05, 4.69) is 32.3 Å². The molecule has 0 unspecified atom stereocenters. The van der Waals surface area contributed by atoms with Gasteiger partial charge in [0.1, 0.15) is 11.9 Å². The van der Waals surface area contributed by atoms with Crippen LogP contribution in [-0.4, -0.2) is 40.9 Å². The van der Waals surface area contributed by atoms with E-state index in [1.165, 1.54) is 0 Å². The molecule has 182 valence electrons. The van der Waals surface area contributed by atoms with Crippen LogP contribution in [0, 0.1) is 5.82 Å².